The van der Waals surface area contributed by atoms with Crippen LogP contribution >= 0.6 is 0 Å². The third-order valence-electron chi connectivity index (χ3n) is 11.1. The van der Waals surface area contributed by atoms with Crippen molar-refractivity contribution in [3.05, 3.63) is 231 Å². The molecule has 0 fully saturated rings. The first kappa shape index (κ1) is 40.0. The predicted octanol–water partition coefficient (Wildman–Crippen LogP) is 13.4. The van der Waals surface area contributed by atoms with E-state index in [1.54, 1.807) is 0 Å². The van der Waals surface area contributed by atoms with E-state index >= 15 is 0 Å². The quantitative estimate of drug-likeness (QED) is 0.102. The van der Waals surface area contributed by atoms with E-state index in [-0.39, 0.29) is 11.8 Å². The van der Waals surface area contributed by atoms with Crippen LogP contribution in [0.1, 0.15) is 67.0 Å². The molecular weight excluding hydrogens is 703 g/mol. The topological polar surface area (TPSA) is 37.6 Å². The minimum atomic E-state index is 0.0547. The van der Waals surface area contributed by atoms with Crippen LogP contribution in [0.2, 0.25) is 0 Å². The van der Waals surface area contributed by atoms with Gasteiger partial charge in [-0.15, -0.1) is 0 Å². The van der Waals surface area contributed by atoms with Crippen LogP contribution in [0, 0.1) is 53.4 Å². The summed E-state index contributed by atoms with van der Waals surface area (Å²) in [5.74, 6) is 0.109. The Labute approximate surface area is 346 Å². The molecule has 58 heavy (non-hydrogen) atoms. The van der Waals surface area contributed by atoms with Crippen molar-refractivity contribution >= 4 is 22.8 Å². The second kappa shape index (κ2) is 18.8. The number of benzene rings is 6. The number of aliphatic imine (C=N–C) groups is 2. The van der Waals surface area contributed by atoms with Crippen LogP contribution in [0.3, 0.4) is 0 Å². The van der Waals surface area contributed by atoms with Gasteiger partial charge in [0, 0.05) is 11.8 Å². The maximum Gasteiger partial charge on any atom is 0.0855 e. The van der Waals surface area contributed by atoms with Crippen molar-refractivity contribution in [3.8, 4) is 0 Å². The van der Waals surface area contributed by atoms with Gasteiger partial charge in [-0.05, 0) is 124 Å². The maximum absolute atomic E-state index is 5.68. The lowest BCUT2D eigenvalue weighted by molar-refractivity contribution is 0.678. The van der Waals surface area contributed by atoms with Crippen molar-refractivity contribution in [1.82, 2.24) is 4.98 Å². The van der Waals surface area contributed by atoms with Gasteiger partial charge in [-0.3, -0.25) is 9.98 Å². The molecule has 0 aliphatic rings. The van der Waals surface area contributed by atoms with Gasteiger partial charge in [0.2, 0.25) is 0 Å². The van der Waals surface area contributed by atoms with Gasteiger partial charge in [-0.25, -0.2) is 4.98 Å². The zero-order valence-corrected chi connectivity index (χ0v) is 34.9. The highest BCUT2D eigenvalue weighted by Gasteiger charge is 2.26. The average Bonchev–Trinajstić information content (AvgIpc) is 3.21. The molecule has 1 heterocycles. The zero-order valence-electron chi connectivity index (χ0n) is 34.9. The van der Waals surface area contributed by atoms with E-state index < -0.39 is 0 Å². The van der Waals surface area contributed by atoms with Gasteiger partial charge in [0.15, 0.2) is 0 Å². The molecule has 0 bridgehead atoms. The monoisotopic (exact) mass is 757 g/mol. The van der Waals surface area contributed by atoms with Crippen molar-refractivity contribution in [2.75, 3.05) is 0 Å². The minimum Gasteiger partial charge on any atom is -0.250 e. The second-order valence-corrected chi connectivity index (χ2v) is 16.0. The Kier molecular flexibility index (Phi) is 13.0. The fourth-order valence-corrected chi connectivity index (χ4v) is 8.50. The molecule has 0 N–H and O–H groups in total. The molecule has 7 rings (SSSR count). The Morgan fingerprint density at radius 3 is 0.931 bits per heavy atom. The first-order valence-corrected chi connectivity index (χ1v) is 20.7. The Hall–Kier alpha value is -6.19. The summed E-state index contributed by atoms with van der Waals surface area (Å²) in [6.45, 7) is 13.0. The van der Waals surface area contributed by atoms with Gasteiger partial charge in [0.05, 0.1) is 34.2 Å². The normalized spacial score (nSPS) is 12.1. The Morgan fingerprint density at radius 2 is 0.655 bits per heavy atom. The molecule has 3 heteroatoms. The number of hydrogen-bond acceptors (Lipinski definition) is 3. The molecule has 290 valence electrons. The Morgan fingerprint density at radius 1 is 0.379 bits per heavy atom. The molecule has 3 nitrogen and oxygen atoms in total. The third kappa shape index (κ3) is 10.2. The summed E-state index contributed by atoms with van der Waals surface area (Å²) in [4.78, 5) is 17.0. The van der Waals surface area contributed by atoms with E-state index in [1.807, 2.05) is 0 Å². The minimum absolute atomic E-state index is 0.0547. The van der Waals surface area contributed by atoms with Gasteiger partial charge in [-0.2, -0.15) is 0 Å². The molecule has 7 aromatic rings. The number of hydrogen-bond donors (Lipinski definition) is 0. The van der Waals surface area contributed by atoms with Crippen molar-refractivity contribution in [3.63, 3.8) is 0 Å². The predicted molar refractivity (Wildman–Crippen MR) is 246 cm³/mol. The van der Waals surface area contributed by atoms with E-state index in [1.165, 1.54) is 55.6 Å². The number of aromatic nitrogens is 1. The molecule has 0 aliphatic carbocycles. The summed E-state index contributed by atoms with van der Waals surface area (Å²) in [7, 11) is 0. The van der Waals surface area contributed by atoms with Crippen LogP contribution in [0.25, 0.3) is 0 Å². The first-order chi connectivity index (χ1) is 28.2. The van der Waals surface area contributed by atoms with Crippen molar-refractivity contribution in [2.45, 2.75) is 67.2 Å². The van der Waals surface area contributed by atoms with Crippen molar-refractivity contribution < 1.29 is 0 Å². The van der Waals surface area contributed by atoms with Crippen LogP contribution in [0.15, 0.2) is 174 Å². The van der Waals surface area contributed by atoms with Gasteiger partial charge >= 0.3 is 0 Å². The number of rotatable bonds is 14. The largest absolute Gasteiger partial charge is 0.250 e. The highest BCUT2D eigenvalue weighted by molar-refractivity contribution is 6.06. The van der Waals surface area contributed by atoms with Crippen LogP contribution in [0.5, 0.6) is 0 Å². The van der Waals surface area contributed by atoms with E-state index in [9.17, 15) is 0 Å². The molecular formula is C55H55N3. The van der Waals surface area contributed by atoms with Gasteiger partial charge in [0.25, 0.3) is 0 Å². The fourth-order valence-electron chi connectivity index (χ4n) is 8.50. The van der Waals surface area contributed by atoms with Crippen LogP contribution in [-0.2, 0) is 25.7 Å². The molecule has 0 saturated carbocycles. The standard InChI is InChI=1S/C55H55N3/c1-38-30-40(3)52(41(4)31-38)57-54(48(34-44-20-11-7-12-21-44)35-45-22-13-8-14-23-45)50-28-19-29-51(56-50)55(58-53-42(5)32-39(2)33-43(53)6)49(36-46-24-15-9-16-25-46)37-47-26-17-10-18-27-47/h7-33,48-49H,34-37H2,1-6H3. The molecule has 6 aromatic carbocycles. The fraction of sp³-hybridized carbons (Fsp3) is 0.218. The summed E-state index contributed by atoms with van der Waals surface area (Å²) in [5.41, 5.74) is 18.1. The van der Waals surface area contributed by atoms with Gasteiger partial charge in [0.1, 0.15) is 0 Å². The summed E-state index contributed by atoms with van der Waals surface area (Å²) in [6, 6.07) is 58.8. The summed E-state index contributed by atoms with van der Waals surface area (Å²) >= 11 is 0. The molecule has 0 aliphatic heterocycles. The lowest BCUT2D eigenvalue weighted by Gasteiger charge is -2.23. The van der Waals surface area contributed by atoms with Crippen LogP contribution in [0.4, 0.5) is 11.4 Å². The van der Waals surface area contributed by atoms with Crippen LogP contribution < -0.4 is 0 Å². The summed E-state index contributed by atoms with van der Waals surface area (Å²) in [6.07, 6.45) is 3.32. The van der Waals surface area contributed by atoms with Crippen LogP contribution in [-0.4, -0.2) is 16.4 Å². The molecule has 0 amide bonds. The van der Waals surface area contributed by atoms with E-state index in [4.69, 9.17) is 15.0 Å². The SMILES string of the molecule is Cc1cc(C)c(N=C(c2cccc(C(=Nc3c(C)cc(C)cc3C)C(Cc3ccccc3)Cc3ccccc3)n2)C(Cc2ccccc2)Cc2ccccc2)c(C)c1. The van der Waals surface area contributed by atoms with Gasteiger partial charge < -0.3 is 0 Å². The second-order valence-electron chi connectivity index (χ2n) is 16.0. The molecule has 0 spiro atoms. The Bertz CT molecular complexity index is 2200. The number of pyridine rings is 1. The summed E-state index contributed by atoms with van der Waals surface area (Å²) in [5, 5.41) is 0. The Balaban J connectivity index is 1.45. The smallest absolute Gasteiger partial charge is 0.0855 e. The van der Waals surface area contributed by atoms with E-state index in [0.29, 0.717) is 0 Å². The van der Waals surface area contributed by atoms with E-state index in [2.05, 4.69) is 205 Å². The molecule has 0 saturated heterocycles. The molecule has 0 atom stereocenters. The number of aryl methyl sites for hydroxylation is 6. The number of nitrogens with zero attached hydrogens (tertiary/aromatic N) is 3. The maximum atomic E-state index is 5.68. The van der Waals surface area contributed by atoms with Gasteiger partial charge in [-0.1, -0.05) is 163 Å². The highest BCUT2D eigenvalue weighted by atomic mass is 14.9. The third-order valence-corrected chi connectivity index (χ3v) is 11.1. The van der Waals surface area contributed by atoms with Crippen molar-refractivity contribution in [1.29, 1.82) is 0 Å². The van der Waals surface area contributed by atoms with E-state index in [0.717, 1.165) is 59.9 Å². The lowest BCUT2D eigenvalue weighted by Crippen LogP contribution is -2.25. The molecule has 0 unspecified atom stereocenters. The molecule has 1 aromatic heterocycles. The first-order valence-electron chi connectivity index (χ1n) is 20.7. The highest BCUT2D eigenvalue weighted by Crippen LogP contribution is 2.32. The average molecular weight is 758 g/mol. The summed E-state index contributed by atoms with van der Waals surface area (Å²) < 4.78 is 0. The zero-order chi connectivity index (χ0) is 40.4. The molecule has 0 radical (unpaired) electrons. The lowest BCUT2D eigenvalue weighted by atomic mass is 9.85. The van der Waals surface area contributed by atoms with Crippen molar-refractivity contribution in [2.24, 2.45) is 21.8 Å².